The van der Waals surface area contributed by atoms with Gasteiger partial charge in [0, 0.05) is 25.7 Å². The van der Waals surface area contributed by atoms with Crippen LogP contribution in [0.15, 0.2) is 0 Å². The average Bonchev–Trinajstić information content (AvgIpc) is 0.904. The number of esters is 4. The summed E-state index contributed by atoms with van der Waals surface area (Å²) < 4.78 is 69.1. The number of hydrogen-bond donors (Lipinski definition) is 3. The molecule has 3 N–H and O–H groups in total. The van der Waals surface area contributed by atoms with Crippen LogP contribution >= 0.6 is 15.6 Å². The number of rotatable bonds is 91. The van der Waals surface area contributed by atoms with Crippen LogP contribution in [0.25, 0.3) is 0 Å². The van der Waals surface area contributed by atoms with E-state index in [0.29, 0.717) is 25.7 Å². The largest absolute Gasteiger partial charge is 0.472 e. The monoisotopic (exact) mass is 1590 g/mol. The molecule has 0 fully saturated rings. The molecule has 0 aromatic heterocycles. The predicted molar refractivity (Wildman–Crippen MR) is 451 cm³/mol. The van der Waals surface area contributed by atoms with Crippen molar-refractivity contribution in [2.45, 2.75) is 515 Å². The van der Waals surface area contributed by atoms with Gasteiger partial charge in [0.05, 0.1) is 26.4 Å². The summed E-state index contributed by atoms with van der Waals surface area (Å²) in [5.41, 5.74) is 0. The lowest BCUT2D eigenvalue weighted by molar-refractivity contribution is -0.161. The van der Waals surface area contributed by atoms with Gasteiger partial charge in [-0.25, -0.2) is 9.13 Å². The van der Waals surface area contributed by atoms with Gasteiger partial charge in [-0.15, -0.1) is 0 Å². The maximum Gasteiger partial charge on any atom is 0.472 e. The summed E-state index contributed by atoms with van der Waals surface area (Å²) in [5.74, 6) is -2.09. The summed E-state index contributed by atoms with van der Waals surface area (Å²) >= 11 is 0. The molecule has 0 spiro atoms. The molecule has 5 atom stereocenters. The first-order valence-electron chi connectivity index (χ1n) is 46.8. The topological polar surface area (TPSA) is 237 Å². The van der Waals surface area contributed by atoms with Crippen molar-refractivity contribution in [3.05, 3.63) is 0 Å². The zero-order valence-electron chi connectivity index (χ0n) is 71.5. The molecule has 0 bridgehead atoms. The second-order valence-corrected chi connectivity index (χ2v) is 35.3. The lowest BCUT2D eigenvalue weighted by Gasteiger charge is -2.21. The van der Waals surface area contributed by atoms with Crippen molar-refractivity contribution >= 4 is 39.5 Å². The average molecular weight is 1590 g/mol. The number of aliphatic hydroxyl groups is 1. The van der Waals surface area contributed by atoms with E-state index in [2.05, 4.69) is 27.7 Å². The van der Waals surface area contributed by atoms with Gasteiger partial charge >= 0.3 is 39.5 Å². The Kier molecular flexibility index (Phi) is 82.5. The van der Waals surface area contributed by atoms with Crippen LogP contribution in [0.3, 0.4) is 0 Å². The minimum Gasteiger partial charge on any atom is -0.462 e. The Hall–Kier alpha value is -1.94. The minimum absolute atomic E-state index is 0.109. The van der Waals surface area contributed by atoms with Crippen LogP contribution in [0.2, 0.25) is 0 Å². The fourth-order valence-corrected chi connectivity index (χ4v) is 15.8. The van der Waals surface area contributed by atoms with Crippen LogP contribution < -0.4 is 0 Å². The van der Waals surface area contributed by atoms with Gasteiger partial charge in [0.25, 0.3) is 0 Å². The molecule has 0 aliphatic carbocycles. The zero-order valence-corrected chi connectivity index (χ0v) is 73.3. The number of phosphoric acid groups is 2. The van der Waals surface area contributed by atoms with E-state index in [4.69, 9.17) is 37.0 Å². The van der Waals surface area contributed by atoms with E-state index in [0.717, 1.165) is 89.9 Å². The Labute approximate surface area is 670 Å². The minimum atomic E-state index is -4.97. The number of hydrogen-bond acceptors (Lipinski definition) is 15. The van der Waals surface area contributed by atoms with Crippen molar-refractivity contribution in [3.63, 3.8) is 0 Å². The Morgan fingerprint density at radius 1 is 0.220 bits per heavy atom. The molecule has 0 radical (unpaired) electrons. The van der Waals surface area contributed by atoms with Crippen molar-refractivity contribution in [2.75, 3.05) is 39.6 Å². The molecule has 0 saturated heterocycles. The first kappa shape index (κ1) is 107. The summed E-state index contributed by atoms with van der Waals surface area (Å²) in [6.45, 7) is 5.08. The molecular formula is C90H176O17P2. The maximum absolute atomic E-state index is 13.2. The van der Waals surface area contributed by atoms with Crippen LogP contribution in [0.1, 0.15) is 496 Å². The van der Waals surface area contributed by atoms with E-state index < -0.39 is 97.5 Å². The molecule has 0 aliphatic heterocycles. The molecule has 648 valence electrons. The molecule has 0 aromatic rings. The van der Waals surface area contributed by atoms with E-state index >= 15 is 0 Å². The fraction of sp³-hybridized carbons (Fsp3) is 0.956. The van der Waals surface area contributed by atoms with Gasteiger partial charge < -0.3 is 33.8 Å². The fourth-order valence-electron chi connectivity index (χ4n) is 14.2. The van der Waals surface area contributed by atoms with E-state index in [1.165, 1.54) is 327 Å². The van der Waals surface area contributed by atoms with Gasteiger partial charge in [-0.05, 0) is 25.7 Å². The molecule has 0 saturated carbocycles. The molecule has 2 unspecified atom stereocenters. The molecule has 0 amide bonds. The number of carbonyl (C=O) groups excluding carboxylic acids is 4. The molecule has 0 aliphatic rings. The Balaban J connectivity index is 5.24. The first-order valence-corrected chi connectivity index (χ1v) is 49.8. The first-order chi connectivity index (χ1) is 53.2. The predicted octanol–water partition coefficient (Wildman–Crippen LogP) is 28.1. The van der Waals surface area contributed by atoms with Crippen molar-refractivity contribution in [1.82, 2.24) is 0 Å². The summed E-state index contributed by atoms with van der Waals surface area (Å²) in [5, 5.41) is 10.7. The van der Waals surface area contributed by atoms with Crippen LogP contribution in [0, 0.1) is 0 Å². The molecule has 109 heavy (non-hydrogen) atoms. The third kappa shape index (κ3) is 83.8. The Morgan fingerprint density at radius 2 is 0.367 bits per heavy atom. The van der Waals surface area contributed by atoms with Crippen molar-refractivity contribution in [3.8, 4) is 0 Å². The quantitative estimate of drug-likeness (QED) is 0.0222. The molecule has 0 heterocycles. The zero-order chi connectivity index (χ0) is 79.6. The molecule has 0 aromatic carbocycles. The Morgan fingerprint density at radius 3 is 0.541 bits per heavy atom. The molecule has 19 heteroatoms. The SMILES string of the molecule is CCCCCCCCCCCCCCCCCCCCCCCC(=O)O[C@H](COC(=O)CCCCCCCCCCCCCCCCCCCCCC)COP(=O)(O)OC[C@@H](O)COP(=O)(O)OC[C@@H](COC(=O)CCCCCCCCCCCCCC)OC(=O)CCCCCCCCCCCCCCCCCC. The van der Waals surface area contributed by atoms with Crippen LogP contribution in [-0.2, 0) is 65.4 Å². The van der Waals surface area contributed by atoms with Crippen LogP contribution in [-0.4, -0.2) is 96.7 Å². The Bertz CT molecular complexity index is 2050. The van der Waals surface area contributed by atoms with Gasteiger partial charge in [-0.1, -0.05) is 445 Å². The number of aliphatic hydroxyl groups excluding tert-OH is 1. The number of unbranched alkanes of at least 4 members (excludes halogenated alkanes) is 65. The molecule has 0 rings (SSSR count). The van der Waals surface area contributed by atoms with Gasteiger partial charge in [-0.3, -0.25) is 37.3 Å². The third-order valence-corrected chi connectivity index (χ3v) is 23.3. The van der Waals surface area contributed by atoms with E-state index in [-0.39, 0.29) is 25.7 Å². The summed E-state index contributed by atoms with van der Waals surface area (Å²) in [7, 11) is -9.93. The highest BCUT2D eigenvalue weighted by Crippen LogP contribution is 2.45. The standard InChI is InChI=1S/C90H176O17P2/c1-5-9-13-17-21-25-29-33-36-39-41-43-45-47-50-53-57-61-65-69-73-77-90(95)107-86(81-101-88(93)75-71-67-63-59-55-51-49-46-44-42-40-37-34-30-26-22-18-14-10-6-2)83-105-109(98,99)103-79-84(91)78-102-108(96,97)104-82-85(80-100-87(92)74-70-66-62-58-54-32-28-24-20-16-12-8-4)106-89(94)76-72-68-64-60-56-52-48-38-35-31-27-23-19-15-11-7-3/h84-86,91H,5-83H2,1-4H3,(H,96,97)(H,98,99)/t84-,85+,86+/m0/s1. The van der Waals surface area contributed by atoms with E-state index in [1.54, 1.807) is 0 Å². The number of phosphoric ester groups is 2. The van der Waals surface area contributed by atoms with E-state index in [9.17, 15) is 43.2 Å². The smallest absolute Gasteiger partial charge is 0.462 e. The van der Waals surface area contributed by atoms with Crippen molar-refractivity contribution in [1.29, 1.82) is 0 Å². The van der Waals surface area contributed by atoms with Gasteiger partial charge in [0.15, 0.2) is 12.2 Å². The van der Waals surface area contributed by atoms with Crippen LogP contribution in [0.4, 0.5) is 0 Å². The van der Waals surface area contributed by atoms with E-state index in [1.807, 2.05) is 0 Å². The lowest BCUT2D eigenvalue weighted by Crippen LogP contribution is -2.30. The van der Waals surface area contributed by atoms with Gasteiger partial charge in [-0.2, -0.15) is 0 Å². The lowest BCUT2D eigenvalue weighted by atomic mass is 10.0. The summed E-state index contributed by atoms with van der Waals surface area (Å²) in [6.07, 6.45) is 80.6. The van der Waals surface area contributed by atoms with Gasteiger partial charge in [0.2, 0.25) is 0 Å². The number of carbonyl (C=O) groups is 4. The highest BCUT2D eigenvalue weighted by Gasteiger charge is 2.30. The summed E-state index contributed by atoms with van der Waals surface area (Å²) in [6, 6.07) is 0. The maximum atomic E-state index is 13.2. The van der Waals surface area contributed by atoms with Crippen molar-refractivity contribution in [2.24, 2.45) is 0 Å². The van der Waals surface area contributed by atoms with Crippen molar-refractivity contribution < 1.29 is 80.2 Å². The number of ether oxygens (including phenoxy) is 4. The highest BCUT2D eigenvalue weighted by atomic mass is 31.2. The summed E-state index contributed by atoms with van der Waals surface area (Å²) in [4.78, 5) is 73.4. The second kappa shape index (κ2) is 84.0. The molecule has 17 nitrogen and oxygen atoms in total. The van der Waals surface area contributed by atoms with Crippen LogP contribution in [0.5, 0.6) is 0 Å². The van der Waals surface area contributed by atoms with Gasteiger partial charge in [0.1, 0.15) is 19.3 Å². The normalized spacial score (nSPS) is 13.6. The molecular weight excluding hydrogens is 1410 g/mol. The highest BCUT2D eigenvalue weighted by molar-refractivity contribution is 7.47. The third-order valence-electron chi connectivity index (χ3n) is 21.4. The second-order valence-electron chi connectivity index (χ2n) is 32.3.